The smallest absolute Gasteiger partial charge is 0.255 e. The molecule has 5 heteroatoms. The highest BCUT2D eigenvalue weighted by Gasteiger charge is 2.28. The van der Waals surface area contributed by atoms with Crippen molar-refractivity contribution in [3.05, 3.63) is 24.0 Å². The van der Waals surface area contributed by atoms with Gasteiger partial charge in [-0.05, 0) is 31.6 Å². The Balaban J connectivity index is 2.05. The van der Waals surface area contributed by atoms with Gasteiger partial charge in [0.2, 0.25) is 0 Å². The predicted molar refractivity (Wildman–Crippen MR) is 85.4 cm³/mol. The number of pyridine rings is 1. The zero-order valence-electron chi connectivity index (χ0n) is 12.2. The molecule has 1 saturated carbocycles. The number of nitrogens with zero attached hydrogens (tertiary/aromatic N) is 1. The highest BCUT2D eigenvalue weighted by Crippen LogP contribution is 2.28. The van der Waals surface area contributed by atoms with Gasteiger partial charge in [0.25, 0.3) is 5.91 Å². The highest BCUT2D eigenvalue weighted by atomic mass is 32.2. The molecule has 1 aliphatic rings. The normalized spacial score (nSPS) is 21.7. The first-order valence-electron chi connectivity index (χ1n) is 7.27. The average Bonchev–Trinajstić information content (AvgIpc) is 2.92. The fourth-order valence-electron chi connectivity index (χ4n) is 2.61. The van der Waals surface area contributed by atoms with Gasteiger partial charge in [-0.25, -0.2) is 0 Å². The second-order valence-electron chi connectivity index (χ2n) is 5.13. The third kappa shape index (κ3) is 3.66. The average molecular weight is 293 g/mol. The van der Waals surface area contributed by atoms with Gasteiger partial charge < -0.3 is 10.6 Å². The van der Waals surface area contributed by atoms with Crippen molar-refractivity contribution >= 4 is 23.4 Å². The van der Waals surface area contributed by atoms with Crippen LogP contribution >= 0.6 is 11.8 Å². The number of carbonyl (C=O) groups excluding carboxylic acids is 1. The summed E-state index contributed by atoms with van der Waals surface area (Å²) in [5.74, 6) is -0.0114. The van der Waals surface area contributed by atoms with Crippen molar-refractivity contribution in [1.29, 1.82) is 0 Å². The van der Waals surface area contributed by atoms with Gasteiger partial charge in [0, 0.05) is 30.2 Å². The van der Waals surface area contributed by atoms with E-state index >= 15 is 0 Å². The Kier molecular flexibility index (Phi) is 5.71. The highest BCUT2D eigenvalue weighted by molar-refractivity contribution is 7.99. The number of aromatic nitrogens is 1. The van der Waals surface area contributed by atoms with E-state index in [9.17, 15) is 4.79 Å². The molecule has 0 aliphatic heterocycles. The van der Waals surface area contributed by atoms with E-state index in [0.29, 0.717) is 10.8 Å². The molecule has 0 spiro atoms. The van der Waals surface area contributed by atoms with Crippen LogP contribution in [-0.4, -0.2) is 35.0 Å². The molecular formula is C15H23N3OS. The lowest BCUT2D eigenvalue weighted by atomic mass is 10.2. The topological polar surface area (TPSA) is 54.0 Å². The fraction of sp³-hybridized carbons (Fsp3) is 0.600. The van der Waals surface area contributed by atoms with Gasteiger partial charge in [-0.15, -0.1) is 0 Å². The van der Waals surface area contributed by atoms with Crippen LogP contribution < -0.4 is 10.6 Å². The number of carbonyl (C=O) groups is 1. The first kappa shape index (κ1) is 15.2. The summed E-state index contributed by atoms with van der Waals surface area (Å²) >= 11 is 1.85. The Morgan fingerprint density at radius 2 is 2.35 bits per heavy atom. The van der Waals surface area contributed by atoms with Crippen LogP contribution in [0.2, 0.25) is 0 Å². The molecule has 1 fully saturated rings. The summed E-state index contributed by atoms with van der Waals surface area (Å²) in [6, 6.07) is 2.15. The minimum absolute atomic E-state index is 0.0114. The number of amides is 1. The van der Waals surface area contributed by atoms with E-state index in [1.54, 1.807) is 12.4 Å². The van der Waals surface area contributed by atoms with E-state index in [0.717, 1.165) is 25.1 Å². The lowest BCUT2D eigenvalue weighted by Gasteiger charge is -2.20. The Morgan fingerprint density at radius 3 is 3.10 bits per heavy atom. The van der Waals surface area contributed by atoms with Crippen LogP contribution in [0.5, 0.6) is 0 Å². The molecule has 2 atom stereocenters. The molecule has 1 aromatic rings. The van der Waals surface area contributed by atoms with Crippen LogP contribution in [0.3, 0.4) is 0 Å². The SMILES string of the molecule is CCCNc1ccncc1C(=O)NC1CCCC1SC. The molecule has 4 nitrogen and oxygen atoms in total. The van der Waals surface area contributed by atoms with Crippen LogP contribution in [0.1, 0.15) is 43.0 Å². The zero-order chi connectivity index (χ0) is 14.4. The summed E-state index contributed by atoms with van der Waals surface area (Å²) in [7, 11) is 0. The molecule has 1 amide bonds. The third-order valence-corrected chi connectivity index (χ3v) is 4.87. The van der Waals surface area contributed by atoms with Crippen molar-refractivity contribution in [1.82, 2.24) is 10.3 Å². The van der Waals surface area contributed by atoms with Crippen molar-refractivity contribution in [2.75, 3.05) is 18.1 Å². The van der Waals surface area contributed by atoms with Crippen LogP contribution in [0, 0.1) is 0 Å². The number of rotatable bonds is 6. The molecule has 0 saturated heterocycles. The van der Waals surface area contributed by atoms with Crippen molar-refractivity contribution in [2.24, 2.45) is 0 Å². The first-order valence-corrected chi connectivity index (χ1v) is 8.56. The van der Waals surface area contributed by atoms with Gasteiger partial charge >= 0.3 is 0 Å². The molecule has 0 radical (unpaired) electrons. The summed E-state index contributed by atoms with van der Waals surface area (Å²) in [5.41, 5.74) is 1.52. The van der Waals surface area contributed by atoms with Gasteiger partial charge in [0.05, 0.1) is 11.3 Å². The van der Waals surface area contributed by atoms with E-state index < -0.39 is 0 Å². The van der Waals surface area contributed by atoms with Gasteiger partial charge in [0.15, 0.2) is 0 Å². The maximum atomic E-state index is 12.4. The second kappa shape index (κ2) is 7.53. The van der Waals surface area contributed by atoms with Gasteiger partial charge in [0.1, 0.15) is 0 Å². The van der Waals surface area contributed by atoms with Crippen molar-refractivity contribution in [3.8, 4) is 0 Å². The first-order chi connectivity index (χ1) is 9.76. The molecule has 1 heterocycles. The second-order valence-corrected chi connectivity index (χ2v) is 6.21. The molecule has 2 rings (SSSR count). The molecule has 2 N–H and O–H groups in total. The summed E-state index contributed by atoms with van der Waals surface area (Å²) in [6.45, 7) is 2.97. The van der Waals surface area contributed by atoms with Crippen molar-refractivity contribution in [3.63, 3.8) is 0 Å². The number of hydrogen-bond donors (Lipinski definition) is 2. The minimum atomic E-state index is -0.0114. The summed E-state index contributed by atoms with van der Waals surface area (Å²) in [5, 5.41) is 7.01. The van der Waals surface area contributed by atoms with Gasteiger partial charge in [-0.2, -0.15) is 11.8 Å². The largest absolute Gasteiger partial charge is 0.384 e. The van der Waals surface area contributed by atoms with Gasteiger partial charge in [-0.3, -0.25) is 9.78 Å². The maximum absolute atomic E-state index is 12.4. The minimum Gasteiger partial charge on any atom is -0.384 e. The molecule has 0 aromatic carbocycles. The Bertz CT molecular complexity index is 452. The predicted octanol–water partition coefficient (Wildman–Crippen LogP) is 2.92. The van der Waals surface area contributed by atoms with E-state index in [2.05, 4.69) is 28.8 Å². The molecule has 2 unspecified atom stereocenters. The van der Waals surface area contributed by atoms with Crippen LogP contribution in [0.15, 0.2) is 18.5 Å². The molecular weight excluding hydrogens is 270 g/mol. The number of hydrogen-bond acceptors (Lipinski definition) is 4. The number of thioether (sulfide) groups is 1. The standard InChI is InChI=1S/C15H23N3OS/c1-3-8-17-12-7-9-16-10-11(12)15(19)18-13-5-4-6-14(13)20-2/h7,9-10,13-14H,3-6,8H2,1-2H3,(H,16,17)(H,18,19). The molecule has 1 aromatic heterocycles. The van der Waals surface area contributed by atoms with E-state index in [1.807, 2.05) is 17.8 Å². The van der Waals surface area contributed by atoms with E-state index in [4.69, 9.17) is 0 Å². The van der Waals surface area contributed by atoms with Crippen LogP contribution in [0.25, 0.3) is 0 Å². The van der Waals surface area contributed by atoms with E-state index in [-0.39, 0.29) is 11.9 Å². The van der Waals surface area contributed by atoms with E-state index in [1.165, 1.54) is 12.8 Å². The van der Waals surface area contributed by atoms with Crippen LogP contribution in [0.4, 0.5) is 5.69 Å². The third-order valence-electron chi connectivity index (χ3n) is 3.70. The van der Waals surface area contributed by atoms with Gasteiger partial charge in [-0.1, -0.05) is 13.3 Å². The molecule has 0 bridgehead atoms. The lowest BCUT2D eigenvalue weighted by molar-refractivity contribution is 0.0939. The summed E-state index contributed by atoms with van der Waals surface area (Å²) in [6.07, 6.45) is 9.99. The lowest BCUT2D eigenvalue weighted by Crippen LogP contribution is -2.39. The summed E-state index contributed by atoms with van der Waals surface area (Å²) < 4.78 is 0. The van der Waals surface area contributed by atoms with Crippen LogP contribution in [-0.2, 0) is 0 Å². The maximum Gasteiger partial charge on any atom is 0.255 e. The molecule has 1 aliphatic carbocycles. The monoisotopic (exact) mass is 293 g/mol. The summed E-state index contributed by atoms with van der Waals surface area (Å²) in [4.78, 5) is 16.5. The number of nitrogens with one attached hydrogen (secondary N) is 2. The fourth-order valence-corrected chi connectivity index (χ4v) is 3.54. The molecule has 110 valence electrons. The Hall–Kier alpha value is -1.23. The van der Waals surface area contributed by atoms with Crippen molar-refractivity contribution in [2.45, 2.75) is 43.9 Å². The van der Waals surface area contributed by atoms with Crippen molar-refractivity contribution < 1.29 is 4.79 Å². The Morgan fingerprint density at radius 1 is 1.50 bits per heavy atom. The Labute approximate surface area is 125 Å². The number of anilines is 1. The molecule has 20 heavy (non-hydrogen) atoms. The quantitative estimate of drug-likeness (QED) is 0.847. The zero-order valence-corrected chi connectivity index (χ0v) is 13.0.